The maximum Gasteiger partial charge on any atom is 0.257 e. The molecule has 0 fully saturated rings. The van der Waals surface area contributed by atoms with Crippen molar-refractivity contribution in [3.05, 3.63) is 99.7 Å². The van der Waals surface area contributed by atoms with E-state index in [0.29, 0.717) is 17.6 Å². The van der Waals surface area contributed by atoms with Gasteiger partial charge in [-0.05, 0) is 49.7 Å². The van der Waals surface area contributed by atoms with Crippen LogP contribution in [-0.4, -0.2) is 20.9 Å². The minimum absolute atomic E-state index is 0.0569. The van der Waals surface area contributed by atoms with E-state index in [1.165, 1.54) is 6.20 Å². The van der Waals surface area contributed by atoms with Gasteiger partial charge < -0.3 is 15.0 Å². The summed E-state index contributed by atoms with van der Waals surface area (Å²) >= 11 is 0. The number of aromatic nitrogens is 3. The number of hydrogen-bond donors (Lipinski definition) is 2. The van der Waals surface area contributed by atoms with Gasteiger partial charge in [0.1, 0.15) is 23.6 Å². The number of nitrogens with zero attached hydrogens (tertiary/aromatic N) is 2. The van der Waals surface area contributed by atoms with Gasteiger partial charge >= 0.3 is 0 Å². The molecule has 0 saturated carbocycles. The van der Waals surface area contributed by atoms with Crippen LogP contribution in [0.5, 0.6) is 5.75 Å². The van der Waals surface area contributed by atoms with Gasteiger partial charge in [0.2, 0.25) is 5.43 Å². The Labute approximate surface area is 179 Å². The van der Waals surface area contributed by atoms with Crippen LogP contribution < -0.4 is 15.5 Å². The number of benzene rings is 1. The first-order chi connectivity index (χ1) is 15.0. The molecule has 7 heteroatoms. The molecule has 1 amide bonds. The van der Waals surface area contributed by atoms with E-state index in [1.54, 1.807) is 24.5 Å². The topological polar surface area (TPSA) is 97.0 Å². The molecule has 3 aromatic heterocycles. The van der Waals surface area contributed by atoms with E-state index in [0.717, 1.165) is 22.6 Å². The van der Waals surface area contributed by atoms with Gasteiger partial charge in [-0.15, -0.1) is 0 Å². The monoisotopic (exact) mass is 414 g/mol. The fourth-order valence-electron chi connectivity index (χ4n) is 3.23. The van der Waals surface area contributed by atoms with Crippen LogP contribution in [0.1, 0.15) is 40.1 Å². The molecule has 4 aromatic rings. The zero-order valence-electron chi connectivity index (χ0n) is 17.3. The number of H-pyrrole nitrogens is 1. The number of carbonyl (C=O) groups excluding carboxylic acids is 1. The number of hydrogen-bond acceptors (Lipinski definition) is 5. The van der Waals surface area contributed by atoms with Gasteiger partial charge in [0.15, 0.2) is 0 Å². The van der Waals surface area contributed by atoms with Crippen molar-refractivity contribution in [1.29, 1.82) is 0 Å². The zero-order valence-corrected chi connectivity index (χ0v) is 17.3. The molecule has 31 heavy (non-hydrogen) atoms. The molecule has 0 bridgehead atoms. The van der Waals surface area contributed by atoms with Crippen LogP contribution in [0.4, 0.5) is 0 Å². The summed E-state index contributed by atoms with van der Waals surface area (Å²) in [6, 6.07) is 14.4. The molecule has 1 atom stereocenters. The molecule has 0 aliphatic rings. The lowest BCUT2D eigenvalue weighted by Crippen LogP contribution is -2.31. The predicted octanol–water partition coefficient (Wildman–Crippen LogP) is 3.70. The average molecular weight is 414 g/mol. The van der Waals surface area contributed by atoms with Crippen molar-refractivity contribution in [3.63, 3.8) is 0 Å². The number of fused-ring (bicyclic) bond motifs is 1. The number of rotatable bonds is 6. The molecular weight excluding hydrogens is 392 g/mol. The summed E-state index contributed by atoms with van der Waals surface area (Å²) in [4.78, 5) is 36.7. The van der Waals surface area contributed by atoms with E-state index in [1.807, 2.05) is 50.2 Å². The Bertz CT molecular complexity index is 1270. The van der Waals surface area contributed by atoms with Crippen molar-refractivity contribution in [2.24, 2.45) is 0 Å². The van der Waals surface area contributed by atoms with Crippen LogP contribution in [-0.2, 0) is 6.61 Å². The lowest BCUT2D eigenvalue weighted by atomic mass is 10.1. The number of aromatic amines is 1. The van der Waals surface area contributed by atoms with Gasteiger partial charge in [-0.25, -0.2) is 4.98 Å². The minimum atomic E-state index is -0.437. The number of carbonyl (C=O) groups is 1. The summed E-state index contributed by atoms with van der Waals surface area (Å²) in [5, 5.41) is 3.27. The SMILES string of the molecule is Cc1ccc2c(=O)c(C(=O)NC(C)c3ccc(OCc4cccnc4)cc3)c[nH]c2n1. The molecule has 1 unspecified atom stereocenters. The Morgan fingerprint density at radius 2 is 1.97 bits per heavy atom. The predicted molar refractivity (Wildman–Crippen MR) is 118 cm³/mol. The largest absolute Gasteiger partial charge is 0.489 e. The normalized spacial score (nSPS) is 11.8. The summed E-state index contributed by atoms with van der Waals surface area (Å²) in [6.07, 6.45) is 4.89. The third-order valence-electron chi connectivity index (χ3n) is 4.98. The highest BCUT2D eigenvalue weighted by atomic mass is 16.5. The molecular formula is C24H22N4O3. The molecule has 156 valence electrons. The fourth-order valence-corrected chi connectivity index (χ4v) is 3.23. The molecule has 0 spiro atoms. The standard InChI is InChI=1S/C24H22N4O3/c1-15-5-10-20-22(29)21(13-26-23(20)27-15)24(30)28-16(2)18-6-8-19(9-7-18)31-14-17-4-3-11-25-12-17/h3-13,16H,14H2,1-2H3,(H,28,30)(H,26,27,29). The van der Waals surface area contributed by atoms with Crippen LogP contribution >= 0.6 is 0 Å². The van der Waals surface area contributed by atoms with Crippen molar-refractivity contribution in [2.45, 2.75) is 26.5 Å². The lowest BCUT2D eigenvalue weighted by molar-refractivity contribution is 0.0938. The highest BCUT2D eigenvalue weighted by molar-refractivity contribution is 5.96. The van der Waals surface area contributed by atoms with Crippen LogP contribution in [0.3, 0.4) is 0 Å². The first kappa shape index (κ1) is 20.3. The number of aryl methyl sites for hydroxylation is 1. The first-order valence-electron chi connectivity index (χ1n) is 9.93. The molecule has 0 radical (unpaired) electrons. The summed E-state index contributed by atoms with van der Waals surface area (Å²) in [5.74, 6) is 0.285. The van der Waals surface area contributed by atoms with Gasteiger partial charge in [0.05, 0.1) is 11.4 Å². The van der Waals surface area contributed by atoms with E-state index in [-0.39, 0.29) is 17.0 Å². The van der Waals surface area contributed by atoms with E-state index in [2.05, 4.69) is 20.3 Å². The Morgan fingerprint density at radius 1 is 1.16 bits per heavy atom. The van der Waals surface area contributed by atoms with Crippen LogP contribution in [0.25, 0.3) is 11.0 Å². The second-order valence-corrected chi connectivity index (χ2v) is 7.29. The minimum Gasteiger partial charge on any atom is -0.489 e. The van der Waals surface area contributed by atoms with Crippen molar-refractivity contribution >= 4 is 16.9 Å². The van der Waals surface area contributed by atoms with E-state index in [4.69, 9.17) is 4.74 Å². The molecule has 0 saturated heterocycles. The maximum absolute atomic E-state index is 12.7. The molecule has 4 rings (SSSR count). The third kappa shape index (κ3) is 4.61. The number of ether oxygens (including phenoxy) is 1. The maximum atomic E-state index is 12.7. The van der Waals surface area contributed by atoms with Gasteiger partial charge in [-0.3, -0.25) is 14.6 Å². The number of amides is 1. The van der Waals surface area contributed by atoms with E-state index >= 15 is 0 Å². The smallest absolute Gasteiger partial charge is 0.257 e. The molecule has 1 aromatic carbocycles. The second kappa shape index (κ2) is 8.79. The highest BCUT2D eigenvalue weighted by Crippen LogP contribution is 2.19. The van der Waals surface area contributed by atoms with Crippen molar-refractivity contribution in [3.8, 4) is 5.75 Å². The Hall–Kier alpha value is -4.00. The molecule has 7 nitrogen and oxygen atoms in total. The van der Waals surface area contributed by atoms with Crippen LogP contribution in [0.15, 0.2) is 71.9 Å². The Morgan fingerprint density at radius 3 is 2.71 bits per heavy atom. The average Bonchev–Trinajstić information content (AvgIpc) is 2.78. The van der Waals surface area contributed by atoms with Crippen molar-refractivity contribution in [1.82, 2.24) is 20.3 Å². The van der Waals surface area contributed by atoms with Crippen LogP contribution in [0.2, 0.25) is 0 Å². The first-order valence-corrected chi connectivity index (χ1v) is 9.93. The molecule has 2 N–H and O–H groups in total. The molecule has 0 aliphatic carbocycles. The van der Waals surface area contributed by atoms with Crippen molar-refractivity contribution in [2.75, 3.05) is 0 Å². The Kier molecular flexibility index (Phi) is 5.75. The molecule has 0 aliphatic heterocycles. The van der Waals surface area contributed by atoms with Gasteiger partial charge in [0.25, 0.3) is 5.91 Å². The molecule has 3 heterocycles. The third-order valence-corrected chi connectivity index (χ3v) is 4.98. The fraction of sp³-hybridized carbons (Fsp3) is 0.167. The summed E-state index contributed by atoms with van der Waals surface area (Å²) < 4.78 is 5.76. The number of pyridine rings is 3. The van der Waals surface area contributed by atoms with Gasteiger partial charge in [-0.1, -0.05) is 18.2 Å². The van der Waals surface area contributed by atoms with Gasteiger partial charge in [-0.2, -0.15) is 0 Å². The Balaban J connectivity index is 1.43. The van der Waals surface area contributed by atoms with Crippen molar-refractivity contribution < 1.29 is 9.53 Å². The second-order valence-electron chi connectivity index (χ2n) is 7.29. The summed E-state index contributed by atoms with van der Waals surface area (Å²) in [6.45, 7) is 4.14. The van der Waals surface area contributed by atoms with E-state index in [9.17, 15) is 9.59 Å². The number of nitrogens with one attached hydrogen (secondary N) is 2. The van der Waals surface area contributed by atoms with Gasteiger partial charge in [0, 0.05) is 29.8 Å². The lowest BCUT2D eigenvalue weighted by Gasteiger charge is -2.15. The zero-order chi connectivity index (χ0) is 21.8. The summed E-state index contributed by atoms with van der Waals surface area (Å²) in [5.41, 5.74) is 2.86. The summed E-state index contributed by atoms with van der Waals surface area (Å²) in [7, 11) is 0. The highest BCUT2D eigenvalue weighted by Gasteiger charge is 2.16. The quantitative estimate of drug-likeness (QED) is 0.501. The van der Waals surface area contributed by atoms with E-state index < -0.39 is 5.91 Å². The van der Waals surface area contributed by atoms with Crippen LogP contribution in [0, 0.1) is 6.92 Å².